The third-order valence-corrected chi connectivity index (χ3v) is 4.49. The lowest BCUT2D eigenvalue weighted by atomic mass is 9.85. The number of pyridine rings is 1. The number of ether oxygens (including phenoxy) is 1. The highest BCUT2D eigenvalue weighted by molar-refractivity contribution is 5.97. The van der Waals surface area contributed by atoms with Gasteiger partial charge in [0.1, 0.15) is 18.8 Å². The zero-order valence-electron chi connectivity index (χ0n) is 15.0. The van der Waals surface area contributed by atoms with Crippen LogP contribution in [-0.4, -0.2) is 48.4 Å². The van der Waals surface area contributed by atoms with Crippen molar-refractivity contribution in [2.45, 2.75) is 37.9 Å². The van der Waals surface area contributed by atoms with Gasteiger partial charge in [-0.1, -0.05) is 0 Å². The Balaban J connectivity index is 2.19. The van der Waals surface area contributed by atoms with Crippen LogP contribution in [0.4, 0.5) is 29.1 Å². The largest absolute Gasteiger partial charge is 0.474 e. The summed E-state index contributed by atoms with van der Waals surface area (Å²) >= 11 is 0. The van der Waals surface area contributed by atoms with Crippen molar-refractivity contribution in [2.24, 2.45) is 5.92 Å². The van der Waals surface area contributed by atoms with Crippen LogP contribution in [0.15, 0.2) is 6.07 Å². The van der Waals surface area contributed by atoms with E-state index in [2.05, 4.69) is 15.6 Å². The van der Waals surface area contributed by atoms with E-state index in [9.17, 15) is 32.5 Å². The number of halogens is 4. The van der Waals surface area contributed by atoms with Crippen molar-refractivity contribution in [3.8, 4) is 5.88 Å². The number of aromatic nitrogens is 1. The Hall–Kier alpha value is -2.66. The minimum absolute atomic E-state index is 0.114. The smallest absolute Gasteiger partial charge is 0.391 e. The minimum atomic E-state index is -4.27. The fourth-order valence-corrected chi connectivity index (χ4v) is 3.05. The van der Waals surface area contributed by atoms with Crippen LogP contribution in [0.25, 0.3) is 0 Å². The SMILES string of the molecule is CNc1nc(OCCF)c(C(=O)N[C@H]2CC[C@H](C(F)(F)F)CC2)cc1[N+](=O)[O-]. The first-order chi connectivity index (χ1) is 13.2. The first-order valence-electron chi connectivity index (χ1n) is 8.60. The van der Waals surface area contributed by atoms with Gasteiger partial charge < -0.3 is 15.4 Å². The molecular formula is C16H20F4N4O4. The molecule has 0 atom stereocenters. The number of hydrogen-bond acceptors (Lipinski definition) is 6. The summed E-state index contributed by atoms with van der Waals surface area (Å²) in [7, 11) is 1.38. The zero-order chi connectivity index (χ0) is 20.9. The van der Waals surface area contributed by atoms with Gasteiger partial charge in [0.15, 0.2) is 0 Å². The molecule has 0 aliphatic heterocycles. The fourth-order valence-electron chi connectivity index (χ4n) is 3.05. The van der Waals surface area contributed by atoms with Crippen molar-refractivity contribution in [2.75, 3.05) is 25.6 Å². The van der Waals surface area contributed by atoms with Gasteiger partial charge in [-0.15, -0.1) is 0 Å². The number of rotatable bonds is 7. The van der Waals surface area contributed by atoms with Crippen LogP contribution in [0.2, 0.25) is 0 Å². The second-order valence-corrected chi connectivity index (χ2v) is 6.32. The molecule has 0 unspecified atom stereocenters. The topological polar surface area (TPSA) is 106 Å². The molecule has 1 heterocycles. The molecule has 12 heteroatoms. The van der Waals surface area contributed by atoms with E-state index in [1.807, 2.05) is 0 Å². The van der Waals surface area contributed by atoms with Gasteiger partial charge in [-0.25, -0.2) is 4.39 Å². The highest BCUT2D eigenvalue weighted by Crippen LogP contribution is 2.37. The van der Waals surface area contributed by atoms with Crippen molar-refractivity contribution in [1.82, 2.24) is 10.3 Å². The van der Waals surface area contributed by atoms with Gasteiger partial charge in [0, 0.05) is 19.2 Å². The first kappa shape index (κ1) is 21.6. The molecule has 1 saturated carbocycles. The molecule has 0 spiro atoms. The summed E-state index contributed by atoms with van der Waals surface area (Å²) in [6.07, 6.45) is -4.25. The van der Waals surface area contributed by atoms with Gasteiger partial charge in [-0.3, -0.25) is 14.9 Å². The number of hydrogen-bond donors (Lipinski definition) is 2. The van der Waals surface area contributed by atoms with E-state index in [0.717, 1.165) is 6.07 Å². The Bertz CT molecular complexity index is 721. The molecular weight excluding hydrogens is 388 g/mol. The molecule has 0 radical (unpaired) electrons. The predicted octanol–water partition coefficient (Wildman–Crippen LogP) is 3.23. The maximum Gasteiger partial charge on any atom is 0.391 e. The molecule has 1 fully saturated rings. The summed E-state index contributed by atoms with van der Waals surface area (Å²) in [5.41, 5.74) is -0.766. The Morgan fingerprint density at radius 2 is 2.00 bits per heavy atom. The van der Waals surface area contributed by atoms with Crippen molar-refractivity contribution in [1.29, 1.82) is 0 Å². The third kappa shape index (κ3) is 5.20. The number of nitrogens with one attached hydrogen (secondary N) is 2. The van der Waals surface area contributed by atoms with E-state index in [4.69, 9.17) is 4.74 Å². The maximum absolute atomic E-state index is 12.7. The summed E-state index contributed by atoms with van der Waals surface area (Å²) < 4.78 is 55.8. The minimum Gasteiger partial charge on any atom is -0.474 e. The molecule has 156 valence electrons. The molecule has 1 aromatic heterocycles. The summed E-state index contributed by atoms with van der Waals surface area (Å²) in [6, 6.07) is 0.437. The third-order valence-electron chi connectivity index (χ3n) is 4.49. The highest BCUT2D eigenvalue weighted by Gasteiger charge is 2.41. The second kappa shape index (κ2) is 9.02. The van der Waals surface area contributed by atoms with E-state index in [1.165, 1.54) is 7.05 Å². The number of nitrogens with zero attached hydrogens (tertiary/aromatic N) is 2. The van der Waals surface area contributed by atoms with E-state index in [0.29, 0.717) is 0 Å². The first-order valence-corrected chi connectivity index (χ1v) is 8.60. The molecule has 1 aliphatic rings. The number of alkyl halides is 4. The van der Waals surface area contributed by atoms with Crippen molar-refractivity contribution in [3.63, 3.8) is 0 Å². The summed E-state index contributed by atoms with van der Waals surface area (Å²) in [5.74, 6) is -2.64. The maximum atomic E-state index is 12.7. The average molecular weight is 408 g/mol. The van der Waals surface area contributed by atoms with Crippen molar-refractivity contribution >= 4 is 17.4 Å². The Kier molecular flexibility index (Phi) is 6.97. The van der Waals surface area contributed by atoms with Crippen LogP contribution >= 0.6 is 0 Å². The normalized spacial score (nSPS) is 19.8. The van der Waals surface area contributed by atoms with Crippen LogP contribution in [0.5, 0.6) is 5.88 Å². The van der Waals surface area contributed by atoms with Gasteiger partial charge in [0.25, 0.3) is 5.91 Å². The van der Waals surface area contributed by atoms with E-state index in [1.54, 1.807) is 0 Å². The van der Waals surface area contributed by atoms with Gasteiger partial charge >= 0.3 is 11.9 Å². The van der Waals surface area contributed by atoms with Crippen molar-refractivity contribution < 1.29 is 32.0 Å². The Morgan fingerprint density at radius 3 is 2.50 bits per heavy atom. The second-order valence-electron chi connectivity index (χ2n) is 6.32. The average Bonchev–Trinajstić information content (AvgIpc) is 2.65. The van der Waals surface area contributed by atoms with E-state index < -0.39 is 47.9 Å². The predicted molar refractivity (Wildman–Crippen MR) is 91.2 cm³/mol. The van der Waals surface area contributed by atoms with Crippen LogP contribution in [0.3, 0.4) is 0 Å². The van der Waals surface area contributed by atoms with E-state index in [-0.39, 0.29) is 42.9 Å². The number of carbonyl (C=O) groups excluding carboxylic acids is 1. The molecule has 0 bridgehead atoms. The summed E-state index contributed by atoms with van der Waals surface area (Å²) in [6.45, 7) is -1.28. The summed E-state index contributed by atoms with van der Waals surface area (Å²) in [5, 5.41) is 16.2. The van der Waals surface area contributed by atoms with Crippen LogP contribution in [0.1, 0.15) is 36.0 Å². The van der Waals surface area contributed by atoms with Gasteiger partial charge in [0.05, 0.1) is 10.8 Å². The molecule has 28 heavy (non-hydrogen) atoms. The van der Waals surface area contributed by atoms with E-state index >= 15 is 0 Å². The molecule has 1 aromatic rings. The Labute approximate surface area is 157 Å². The molecule has 0 aromatic carbocycles. The monoisotopic (exact) mass is 408 g/mol. The molecule has 0 saturated heterocycles. The molecule has 2 N–H and O–H groups in total. The van der Waals surface area contributed by atoms with Gasteiger partial charge in [0.2, 0.25) is 11.7 Å². The fraction of sp³-hybridized carbons (Fsp3) is 0.625. The van der Waals surface area contributed by atoms with Crippen LogP contribution in [-0.2, 0) is 0 Å². The molecule has 1 aliphatic carbocycles. The van der Waals surface area contributed by atoms with Gasteiger partial charge in [-0.05, 0) is 25.7 Å². The van der Waals surface area contributed by atoms with Gasteiger partial charge in [-0.2, -0.15) is 18.2 Å². The number of nitro groups is 1. The Morgan fingerprint density at radius 1 is 1.36 bits per heavy atom. The highest BCUT2D eigenvalue weighted by atomic mass is 19.4. The van der Waals surface area contributed by atoms with Crippen molar-refractivity contribution in [3.05, 3.63) is 21.7 Å². The number of amides is 1. The lowest BCUT2D eigenvalue weighted by molar-refractivity contribution is -0.384. The quantitative estimate of drug-likeness (QED) is 0.408. The number of carbonyl (C=O) groups is 1. The molecule has 8 nitrogen and oxygen atoms in total. The number of anilines is 1. The standard InChI is InChI=1S/C16H20F4N4O4/c1-21-13-12(24(26)27)8-11(15(23-13)28-7-6-17)14(25)22-10-4-2-9(3-5-10)16(18,19)20/h8-10H,2-7H2,1H3,(H,21,23)(H,22,25)/t9-,10-. The zero-order valence-corrected chi connectivity index (χ0v) is 15.0. The molecule has 1 amide bonds. The lowest BCUT2D eigenvalue weighted by Gasteiger charge is -2.30. The molecule has 2 rings (SSSR count). The van der Waals surface area contributed by atoms with Crippen LogP contribution < -0.4 is 15.4 Å². The van der Waals surface area contributed by atoms with Crippen LogP contribution in [0, 0.1) is 16.0 Å². The lowest BCUT2D eigenvalue weighted by Crippen LogP contribution is -2.40. The summed E-state index contributed by atoms with van der Waals surface area (Å²) in [4.78, 5) is 26.9.